The van der Waals surface area contributed by atoms with Crippen LogP contribution in [0.5, 0.6) is 0 Å². The summed E-state index contributed by atoms with van der Waals surface area (Å²) >= 11 is 0. The van der Waals surface area contributed by atoms with E-state index in [9.17, 15) is 5.11 Å². The number of anilines is 1. The topological polar surface area (TPSA) is 85.8 Å². The fourth-order valence-electron chi connectivity index (χ4n) is 5.31. The van der Waals surface area contributed by atoms with Gasteiger partial charge in [0.05, 0.1) is 24.6 Å². The highest BCUT2D eigenvalue weighted by molar-refractivity contribution is 5.88. The first-order valence-electron chi connectivity index (χ1n) is 13.3. The normalized spacial score (nSPS) is 17.9. The number of benzene rings is 1. The summed E-state index contributed by atoms with van der Waals surface area (Å²) in [6.07, 6.45) is 5.05. The molecule has 1 aromatic carbocycles. The first-order chi connectivity index (χ1) is 18.1. The predicted octanol–water partition coefficient (Wildman–Crippen LogP) is 5.07. The van der Waals surface area contributed by atoms with Crippen LogP contribution in [0.1, 0.15) is 43.1 Å². The molecule has 3 aromatic heterocycles. The lowest BCUT2D eigenvalue weighted by atomic mass is 9.93. The highest BCUT2D eigenvalue weighted by atomic mass is 16.5. The summed E-state index contributed by atoms with van der Waals surface area (Å²) in [7, 11) is 0. The smallest absolute Gasteiger partial charge is 0.176 e. The van der Waals surface area contributed by atoms with Crippen LogP contribution in [-0.2, 0) is 9.47 Å². The molecule has 5 heterocycles. The van der Waals surface area contributed by atoms with Gasteiger partial charge in [0.1, 0.15) is 17.4 Å². The van der Waals surface area contributed by atoms with Crippen LogP contribution in [0.2, 0.25) is 0 Å². The fourth-order valence-corrected chi connectivity index (χ4v) is 5.31. The molecule has 0 spiro atoms. The van der Waals surface area contributed by atoms with E-state index in [1.165, 1.54) is 5.56 Å². The second-order valence-electron chi connectivity index (χ2n) is 10.1. The molecule has 2 aliphatic rings. The van der Waals surface area contributed by atoms with E-state index < -0.39 is 6.10 Å². The molecule has 1 N–H and O–H groups in total. The van der Waals surface area contributed by atoms with Gasteiger partial charge >= 0.3 is 0 Å². The van der Waals surface area contributed by atoms with Gasteiger partial charge in [-0.05, 0) is 50.7 Å². The summed E-state index contributed by atoms with van der Waals surface area (Å²) in [6, 6.07) is 14.3. The number of aryl methyl sites for hydroxylation is 1. The average Bonchev–Trinajstić information content (AvgIpc) is 3.60. The molecule has 0 amide bonds. The number of aromatic nitrogens is 3. The van der Waals surface area contributed by atoms with E-state index in [0.29, 0.717) is 36.9 Å². The van der Waals surface area contributed by atoms with E-state index in [4.69, 9.17) is 24.0 Å². The molecule has 2 aliphatic heterocycles. The lowest BCUT2D eigenvalue weighted by molar-refractivity contribution is 0.0551. The van der Waals surface area contributed by atoms with E-state index in [1.807, 2.05) is 35.1 Å². The SMILES string of the molecule is Cc1cccc(-c2ccn(-c3cc(N4CCOCC4)c4oc(C(O)CCC5CCOCC5)cc4n3)n2)c1. The van der Waals surface area contributed by atoms with Crippen molar-refractivity contribution in [2.24, 2.45) is 5.92 Å². The maximum absolute atomic E-state index is 11.0. The summed E-state index contributed by atoms with van der Waals surface area (Å²) in [5.74, 6) is 1.89. The number of morpholine rings is 1. The standard InChI is InChI=1S/C29H34N4O4/c1-20-3-2-4-22(17-20)23-7-10-33(31-23)28-19-25(32-11-15-36-16-12-32)29-24(30-28)18-27(37-29)26(34)6-5-21-8-13-35-14-9-21/h2-4,7,10,17-19,21,26,34H,5-6,8-9,11-16H2,1H3. The number of rotatable bonds is 7. The van der Waals surface area contributed by atoms with Crippen LogP contribution in [0.15, 0.2) is 53.1 Å². The maximum atomic E-state index is 11.0. The van der Waals surface area contributed by atoms with Crippen molar-refractivity contribution in [3.63, 3.8) is 0 Å². The van der Waals surface area contributed by atoms with Gasteiger partial charge in [-0.2, -0.15) is 5.10 Å². The van der Waals surface area contributed by atoms with Gasteiger partial charge in [0.25, 0.3) is 0 Å². The van der Waals surface area contributed by atoms with Gasteiger partial charge in [0, 0.05) is 50.2 Å². The maximum Gasteiger partial charge on any atom is 0.176 e. The lowest BCUT2D eigenvalue weighted by Crippen LogP contribution is -2.36. The molecule has 0 radical (unpaired) electrons. The zero-order chi connectivity index (χ0) is 25.2. The van der Waals surface area contributed by atoms with Crippen LogP contribution in [0.4, 0.5) is 5.69 Å². The molecule has 1 unspecified atom stereocenters. The molecule has 4 aromatic rings. The predicted molar refractivity (Wildman–Crippen MR) is 142 cm³/mol. The first-order valence-corrected chi connectivity index (χ1v) is 13.3. The molecule has 194 valence electrons. The summed E-state index contributed by atoms with van der Waals surface area (Å²) in [5, 5.41) is 15.8. The van der Waals surface area contributed by atoms with Crippen molar-refractivity contribution < 1.29 is 19.0 Å². The second kappa shape index (κ2) is 10.7. The molecule has 1 atom stereocenters. The highest BCUT2D eigenvalue weighted by Crippen LogP contribution is 2.35. The summed E-state index contributed by atoms with van der Waals surface area (Å²) in [5.41, 5.74) is 5.56. The van der Waals surface area contributed by atoms with E-state index in [0.717, 1.165) is 73.8 Å². The summed E-state index contributed by atoms with van der Waals surface area (Å²) < 4.78 is 19.2. The molecule has 0 bridgehead atoms. The average molecular weight is 503 g/mol. The number of nitrogens with zero attached hydrogens (tertiary/aromatic N) is 4. The minimum Gasteiger partial charge on any atom is -0.454 e. The van der Waals surface area contributed by atoms with Gasteiger partial charge in [-0.3, -0.25) is 0 Å². The summed E-state index contributed by atoms with van der Waals surface area (Å²) in [4.78, 5) is 7.17. The monoisotopic (exact) mass is 502 g/mol. The number of aliphatic hydroxyl groups is 1. The molecule has 8 nitrogen and oxygen atoms in total. The third-order valence-corrected chi connectivity index (χ3v) is 7.47. The Morgan fingerprint density at radius 1 is 1.03 bits per heavy atom. The molecule has 2 saturated heterocycles. The number of ether oxygens (including phenoxy) is 2. The minimum atomic E-state index is -0.657. The Morgan fingerprint density at radius 2 is 1.84 bits per heavy atom. The Bertz CT molecular complexity index is 1350. The van der Waals surface area contributed by atoms with Crippen molar-refractivity contribution in [1.29, 1.82) is 0 Å². The Kier molecular flexibility index (Phi) is 6.95. The second-order valence-corrected chi connectivity index (χ2v) is 10.1. The van der Waals surface area contributed by atoms with Crippen molar-refractivity contribution in [2.45, 2.75) is 38.7 Å². The largest absolute Gasteiger partial charge is 0.454 e. The third-order valence-electron chi connectivity index (χ3n) is 7.47. The quantitative estimate of drug-likeness (QED) is 0.378. The van der Waals surface area contributed by atoms with E-state index in [-0.39, 0.29) is 0 Å². The van der Waals surface area contributed by atoms with E-state index in [1.54, 1.807) is 0 Å². The van der Waals surface area contributed by atoms with E-state index >= 15 is 0 Å². The number of hydrogen-bond acceptors (Lipinski definition) is 7. The van der Waals surface area contributed by atoms with Gasteiger partial charge in [-0.15, -0.1) is 0 Å². The number of aliphatic hydroxyl groups excluding tert-OH is 1. The van der Waals surface area contributed by atoms with Crippen LogP contribution in [0.25, 0.3) is 28.2 Å². The van der Waals surface area contributed by atoms with Gasteiger partial charge in [-0.1, -0.05) is 23.8 Å². The Labute approximate surface area is 216 Å². The van der Waals surface area contributed by atoms with Crippen LogP contribution in [0, 0.1) is 12.8 Å². The lowest BCUT2D eigenvalue weighted by Gasteiger charge is -2.29. The van der Waals surface area contributed by atoms with Gasteiger partial charge in [0.2, 0.25) is 0 Å². The Hall–Kier alpha value is -3.20. The number of hydrogen-bond donors (Lipinski definition) is 1. The Balaban J connectivity index is 1.32. The van der Waals surface area contributed by atoms with Crippen LogP contribution in [-0.4, -0.2) is 59.4 Å². The van der Waals surface area contributed by atoms with Crippen molar-refractivity contribution >= 4 is 16.8 Å². The zero-order valence-corrected chi connectivity index (χ0v) is 21.3. The first kappa shape index (κ1) is 24.2. The highest BCUT2D eigenvalue weighted by Gasteiger charge is 2.23. The van der Waals surface area contributed by atoms with Crippen molar-refractivity contribution in [3.05, 3.63) is 60.0 Å². The van der Waals surface area contributed by atoms with Crippen molar-refractivity contribution in [1.82, 2.24) is 14.8 Å². The molecular weight excluding hydrogens is 468 g/mol. The van der Waals surface area contributed by atoms with Crippen LogP contribution >= 0.6 is 0 Å². The number of furan rings is 1. The minimum absolute atomic E-state index is 0.571. The molecule has 8 heteroatoms. The van der Waals surface area contributed by atoms with Gasteiger partial charge in [0.15, 0.2) is 11.4 Å². The van der Waals surface area contributed by atoms with E-state index in [2.05, 4.69) is 30.0 Å². The Morgan fingerprint density at radius 3 is 2.65 bits per heavy atom. The zero-order valence-electron chi connectivity index (χ0n) is 21.3. The van der Waals surface area contributed by atoms with Crippen LogP contribution in [0.3, 0.4) is 0 Å². The van der Waals surface area contributed by atoms with Crippen LogP contribution < -0.4 is 4.90 Å². The third kappa shape index (κ3) is 5.28. The fraction of sp³-hybridized carbons (Fsp3) is 0.448. The molecule has 0 saturated carbocycles. The molecule has 6 rings (SSSR count). The van der Waals surface area contributed by atoms with Gasteiger partial charge in [-0.25, -0.2) is 9.67 Å². The number of pyridine rings is 1. The number of fused-ring (bicyclic) bond motifs is 1. The van der Waals surface area contributed by atoms with Crippen molar-refractivity contribution in [2.75, 3.05) is 44.4 Å². The van der Waals surface area contributed by atoms with Gasteiger partial charge < -0.3 is 23.9 Å². The molecule has 2 fully saturated rings. The summed E-state index contributed by atoms with van der Waals surface area (Å²) in [6.45, 7) is 6.60. The molecular formula is C29H34N4O4. The van der Waals surface area contributed by atoms with Crippen molar-refractivity contribution in [3.8, 4) is 17.1 Å². The molecule has 0 aliphatic carbocycles. The molecule has 37 heavy (non-hydrogen) atoms.